The SMILES string of the molecule is COCc1nn2c(c1-c1ccccc1)NC(=O)C[C@@H]2C(=O)Nc1ccc(F)c(F)c1. The molecule has 2 N–H and O–H groups in total. The Morgan fingerprint density at radius 2 is 2.00 bits per heavy atom. The van der Waals surface area contributed by atoms with Crippen molar-refractivity contribution in [1.82, 2.24) is 9.78 Å². The number of methoxy groups -OCH3 is 1. The van der Waals surface area contributed by atoms with Crippen LogP contribution in [0, 0.1) is 11.6 Å². The molecule has 2 amide bonds. The Morgan fingerprint density at radius 1 is 1.23 bits per heavy atom. The van der Waals surface area contributed by atoms with E-state index in [-0.39, 0.29) is 24.6 Å². The van der Waals surface area contributed by atoms with Crippen molar-refractivity contribution in [2.24, 2.45) is 0 Å². The number of nitrogens with one attached hydrogen (secondary N) is 2. The second-order valence-corrected chi connectivity index (χ2v) is 6.80. The number of anilines is 2. The van der Waals surface area contributed by atoms with Crippen LogP contribution in [0.15, 0.2) is 48.5 Å². The minimum atomic E-state index is -1.08. The number of benzene rings is 2. The molecular weight excluding hydrogens is 394 g/mol. The van der Waals surface area contributed by atoms with Gasteiger partial charge < -0.3 is 15.4 Å². The number of halogens is 2. The van der Waals surface area contributed by atoms with E-state index in [9.17, 15) is 18.4 Å². The first-order valence-electron chi connectivity index (χ1n) is 9.19. The van der Waals surface area contributed by atoms with Crippen LogP contribution in [0.3, 0.4) is 0 Å². The van der Waals surface area contributed by atoms with Crippen molar-refractivity contribution in [3.05, 3.63) is 65.9 Å². The predicted octanol–water partition coefficient (Wildman–Crippen LogP) is 3.50. The largest absolute Gasteiger partial charge is 0.378 e. The molecule has 1 aliphatic rings. The van der Waals surface area contributed by atoms with Crippen LogP contribution < -0.4 is 10.6 Å². The van der Waals surface area contributed by atoms with Gasteiger partial charge in [-0.15, -0.1) is 0 Å². The molecule has 0 saturated carbocycles. The van der Waals surface area contributed by atoms with E-state index in [1.165, 1.54) is 17.9 Å². The first-order chi connectivity index (χ1) is 14.5. The minimum absolute atomic E-state index is 0.0824. The first kappa shape index (κ1) is 19.7. The Labute approximate surface area is 170 Å². The number of amides is 2. The van der Waals surface area contributed by atoms with Crippen molar-refractivity contribution in [2.75, 3.05) is 17.7 Å². The highest BCUT2D eigenvalue weighted by atomic mass is 19.2. The zero-order chi connectivity index (χ0) is 21.3. The van der Waals surface area contributed by atoms with Gasteiger partial charge in [0.05, 0.1) is 18.7 Å². The standard InChI is InChI=1S/C21H18F2N4O3/c1-30-11-16-19(12-5-3-2-4-6-12)20-25-18(28)10-17(27(20)26-16)21(29)24-13-7-8-14(22)15(23)9-13/h2-9,17H,10-11H2,1H3,(H,24,29)(H,25,28)/t17-/m1/s1. The second kappa shape index (κ2) is 8.03. The van der Waals surface area contributed by atoms with Crippen molar-refractivity contribution in [3.63, 3.8) is 0 Å². The molecule has 0 radical (unpaired) electrons. The highest BCUT2D eigenvalue weighted by Crippen LogP contribution is 2.37. The van der Waals surface area contributed by atoms with E-state index in [1.54, 1.807) is 0 Å². The average molecular weight is 412 g/mol. The van der Waals surface area contributed by atoms with E-state index in [0.29, 0.717) is 17.1 Å². The minimum Gasteiger partial charge on any atom is -0.378 e. The molecule has 2 heterocycles. The van der Waals surface area contributed by atoms with Crippen LogP contribution in [0.25, 0.3) is 11.1 Å². The zero-order valence-corrected chi connectivity index (χ0v) is 16.0. The van der Waals surface area contributed by atoms with Gasteiger partial charge in [-0.3, -0.25) is 9.59 Å². The van der Waals surface area contributed by atoms with Gasteiger partial charge in [0.2, 0.25) is 11.8 Å². The van der Waals surface area contributed by atoms with Crippen LogP contribution in [-0.2, 0) is 20.9 Å². The number of fused-ring (bicyclic) bond motifs is 1. The van der Waals surface area contributed by atoms with Gasteiger partial charge in [-0.1, -0.05) is 30.3 Å². The lowest BCUT2D eigenvalue weighted by Crippen LogP contribution is -2.36. The third kappa shape index (κ3) is 3.67. The molecule has 1 aromatic heterocycles. The summed E-state index contributed by atoms with van der Waals surface area (Å²) in [4.78, 5) is 25.3. The van der Waals surface area contributed by atoms with Gasteiger partial charge >= 0.3 is 0 Å². The van der Waals surface area contributed by atoms with Crippen molar-refractivity contribution >= 4 is 23.3 Å². The predicted molar refractivity (Wildman–Crippen MR) is 106 cm³/mol. The second-order valence-electron chi connectivity index (χ2n) is 6.80. The fourth-order valence-corrected chi connectivity index (χ4v) is 3.42. The Kier molecular flexibility index (Phi) is 5.28. The molecule has 30 heavy (non-hydrogen) atoms. The lowest BCUT2D eigenvalue weighted by molar-refractivity contribution is -0.125. The maximum atomic E-state index is 13.5. The van der Waals surface area contributed by atoms with Crippen LogP contribution in [0.5, 0.6) is 0 Å². The van der Waals surface area contributed by atoms with Crippen molar-refractivity contribution < 1.29 is 23.1 Å². The monoisotopic (exact) mass is 412 g/mol. The van der Waals surface area contributed by atoms with Gasteiger partial charge in [0, 0.05) is 24.4 Å². The molecule has 2 aromatic carbocycles. The molecular formula is C21H18F2N4O3. The van der Waals surface area contributed by atoms with E-state index >= 15 is 0 Å². The van der Waals surface area contributed by atoms with Crippen LogP contribution in [0.4, 0.5) is 20.3 Å². The highest BCUT2D eigenvalue weighted by Gasteiger charge is 2.35. The molecule has 7 nitrogen and oxygen atoms in total. The van der Waals surface area contributed by atoms with Gasteiger partial charge in [-0.2, -0.15) is 5.10 Å². The Balaban J connectivity index is 1.73. The molecule has 0 saturated heterocycles. The summed E-state index contributed by atoms with van der Waals surface area (Å²) < 4.78 is 33.3. The number of rotatable bonds is 5. The molecule has 1 aliphatic heterocycles. The lowest BCUT2D eigenvalue weighted by atomic mass is 10.0. The van der Waals surface area contributed by atoms with E-state index in [4.69, 9.17) is 4.74 Å². The van der Waals surface area contributed by atoms with E-state index < -0.39 is 23.6 Å². The summed E-state index contributed by atoms with van der Waals surface area (Å²) in [6, 6.07) is 11.4. The smallest absolute Gasteiger partial charge is 0.249 e. The molecule has 9 heteroatoms. The summed E-state index contributed by atoms with van der Waals surface area (Å²) in [5.41, 5.74) is 2.12. The number of hydrogen-bond acceptors (Lipinski definition) is 4. The summed E-state index contributed by atoms with van der Waals surface area (Å²) in [5, 5.41) is 9.82. The highest BCUT2D eigenvalue weighted by molar-refractivity contribution is 6.03. The molecule has 0 aliphatic carbocycles. The summed E-state index contributed by atoms with van der Waals surface area (Å²) in [5.74, 6) is -2.63. The normalized spacial score (nSPS) is 15.4. The Bertz CT molecular complexity index is 1110. The maximum absolute atomic E-state index is 13.5. The van der Waals surface area contributed by atoms with Gasteiger partial charge in [0.15, 0.2) is 11.6 Å². The molecule has 0 unspecified atom stereocenters. The van der Waals surface area contributed by atoms with Crippen LogP contribution in [-0.4, -0.2) is 28.7 Å². The number of carbonyl (C=O) groups is 2. The molecule has 0 bridgehead atoms. The summed E-state index contributed by atoms with van der Waals surface area (Å²) >= 11 is 0. The lowest BCUT2D eigenvalue weighted by Gasteiger charge is -2.24. The summed E-state index contributed by atoms with van der Waals surface area (Å²) in [6.07, 6.45) is -0.148. The molecule has 154 valence electrons. The summed E-state index contributed by atoms with van der Waals surface area (Å²) in [7, 11) is 1.53. The van der Waals surface area contributed by atoms with Crippen molar-refractivity contribution in [3.8, 4) is 11.1 Å². The number of ether oxygens (including phenoxy) is 1. The number of hydrogen-bond donors (Lipinski definition) is 2. The van der Waals surface area contributed by atoms with E-state index in [1.807, 2.05) is 30.3 Å². The average Bonchev–Trinajstić information content (AvgIpc) is 3.08. The third-order valence-corrected chi connectivity index (χ3v) is 4.75. The molecule has 4 rings (SSSR count). The maximum Gasteiger partial charge on any atom is 0.249 e. The van der Waals surface area contributed by atoms with Gasteiger partial charge in [-0.25, -0.2) is 13.5 Å². The zero-order valence-electron chi connectivity index (χ0n) is 16.0. The van der Waals surface area contributed by atoms with E-state index in [2.05, 4.69) is 15.7 Å². The fraction of sp³-hybridized carbons (Fsp3) is 0.190. The third-order valence-electron chi connectivity index (χ3n) is 4.75. The molecule has 0 fully saturated rings. The topological polar surface area (TPSA) is 85.2 Å². The van der Waals surface area contributed by atoms with Crippen molar-refractivity contribution in [2.45, 2.75) is 19.1 Å². The van der Waals surface area contributed by atoms with Crippen LogP contribution >= 0.6 is 0 Å². The van der Waals surface area contributed by atoms with Gasteiger partial charge in [-0.05, 0) is 17.7 Å². The van der Waals surface area contributed by atoms with Crippen LogP contribution in [0.1, 0.15) is 18.2 Å². The van der Waals surface area contributed by atoms with Gasteiger partial charge in [0.25, 0.3) is 0 Å². The fourth-order valence-electron chi connectivity index (χ4n) is 3.42. The number of aromatic nitrogens is 2. The molecule has 3 aromatic rings. The number of nitrogens with zero attached hydrogens (tertiary/aromatic N) is 2. The first-order valence-corrected chi connectivity index (χ1v) is 9.19. The van der Waals surface area contributed by atoms with Crippen molar-refractivity contribution in [1.29, 1.82) is 0 Å². The quantitative estimate of drug-likeness (QED) is 0.672. The van der Waals surface area contributed by atoms with Crippen LogP contribution in [0.2, 0.25) is 0 Å². The molecule has 1 atom stereocenters. The van der Waals surface area contributed by atoms with Gasteiger partial charge in [0.1, 0.15) is 11.9 Å². The Morgan fingerprint density at radius 3 is 2.70 bits per heavy atom. The number of carbonyl (C=O) groups excluding carboxylic acids is 2. The summed E-state index contributed by atoms with van der Waals surface area (Å²) in [6.45, 7) is 0.178. The Hall–Kier alpha value is -3.59. The molecule has 0 spiro atoms. The van der Waals surface area contributed by atoms with E-state index in [0.717, 1.165) is 17.7 Å².